The third-order valence-electron chi connectivity index (χ3n) is 2.56. The van der Waals surface area contributed by atoms with Crippen LogP contribution in [0.3, 0.4) is 0 Å². The summed E-state index contributed by atoms with van der Waals surface area (Å²) < 4.78 is 10.6. The summed E-state index contributed by atoms with van der Waals surface area (Å²) in [5.74, 6) is 0. The molecule has 0 radical (unpaired) electrons. The second kappa shape index (κ2) is 5.17. The van der Waals surface area contributed by atoms with Crippen molar-refractivity contribution in [1.29, 1.82) is 0 Å². The molecule has 2 rings (SSSR count). The highest BCUT2D eigenvalue weighted by molar-refractivity contribution is 5.04. The Balaban J connectivity index is 1.62. The molecule has 1 atom stereocenters. The van der Waals surface area contributed by atoms with Gasteiger partial charge in [0.25, 0.3) is 0 Å². The molecule has 3 nitrogen and oxygen atoms in total. The van der Waals surface area contributed by atoms with Crippen LogP contribution in [0.5, 0.6) is 0 Å². The molecule has 1 aliphatic rings. The summed E-state index contributed by atoms with van der Waals surface area (Å²) in [5, 5.41) is 3.37. The molecule has 1 fully saturated rings. The zero-order valence-electron chi connectivity index (χ0n) is 8.37. The lowest BCUT2D eigenvalue weighted by molar-refractivity contribution is 0.0168. The van der Waals surface area contributed by atoms with Crippen molar-refractivity contribution in [3.05, 3.63) is 24.2 Å². The van der Waals surface area contributed by atoms with Gasteiger partial charge in [-0.1, -0.05) is 0 Å². The maximum absolute atomic E-state index is 5.61. The molecule has 1 aromatic rings. The van der Waals surface area contributed by atoms with Gasteiger partial charge in [-0.05, 0) is 25.3 Å². The van der Waals surface area contributed by atoms with Crippen LogP contribution < -0.4 is 5.32 Å². The first-order valence-electron chi connectivity index (χ1n) is 5.28. The van der Waals surface area contributed by atoms with Crippen LogP contribution in [0.15, 0.2) is 23.0 Å². The molecule has 1 N–H and O–H groups in total. The van der Waals surface area contributed by atoms with Crippen molar-refractivity contribution in [1.82, 2.24) is 5.32 Å². The fourth-order valence-electron chi connectivity index (χ4n) is 1.74. The summed E-state index contributed by atoms with van der Waals surface area (Å²) in [6.45, 7) is 2.75. The summed E-state index contributed by atoms with van der Waals surface area (Å²) in [7, 11) is 0. The van der Waals surface area contributed by atoms with Gasteiger partial charge >= 0.3 is 0 Å². The number of hydrogen-bond donors (Lipinski definition) is 1. The highest BCUT2D eigenvalue weighted by atomic mass is 16.5. The lowest BCUT2D eigenvalue weighted by atomic mass is 10.1. The topological polar surface area (TPSA) is 34.4 Å². The van der Waals surface area contributed by atoms with E-state index in [4.69, 9.17) is 9.15 Å². The maximum Gasteiger partial charge on any atom is 0.0947 e. The SMILES string of the molecule is c1cc(CNCC2CCCCO2)co1. The highest BCUT2D eigenvalue weighted by Crippen LogP contribution is 2.11. The number of furan rings is 1. The number of hydrogen-bond acceptors (Lipinski definition) is 3. The molecule has 0 aromatic carbocycles. The van der Waals surface area contributed by atoms with Gasteiger partial charge in [0.1, 0.15) is 0 Å². The van der Waals surface area contributed by atoms with E-state index in [9.17, 15) is 0 Å². The molecule has 1 saturated heterocycles. The van der Waals surface area contributed by atoms with Crippen molar-refractivity contribution in [2.24, 2.45) is 0 Å². The van der Waals surface area contributed by atoms with E-state index in [1.54, 1.807) is 12.5 Å². The molecule has 3 heteroatoms. The van der Waals surface area contributed by atoms with Gasteiger partial charge in [-0.25, -0.2) is 0 Å². The molecular formula is C11H17NO2. The van der Waals surface area contributed by atoms with Crippen molar-refractivity contribution >= 4 is 0 Å². The first kappa shape index (κ1) is 9.74. The minimum atomic E-state index is 0.413. The van der Waals surface area contributed by atoms with Gasteiger partial charge < -0.3 is 14.5 Å². The Kier molecular flexibility index (Phi) is 3.60. The number of rotatable bonds is 4. The van der Waals surface area contributed by atoms with E-state index in [1.807, 2.05) is 6.07 Å². The second-order valence-corrected chi connectivity index (χ2v) is 3.75. The first-order chi connectivity index (χ1) is 6.95. The monoisotopic (exact) mass is 195 g/mol. The van der Waals surface area contributed by atoms with E-state index in [2.05, 4.69) is 5.32 Å². The zero-order chi connectivity index (χ0) is 9.64. The average molecular weight is 195 g/mol. The summed E-state index contributed by atoms with van der Waals surface area (Å²) in [4.78, 5) is 0. The molecule has 1 unspecified atom stereocenters. The highest BCUT2D eigenvalue weighted by Gasteiger charge is 2.12. The summed E-state index contributed by atoms with van der Waals surface area (Å²) in [6, 6.07) is 1.98. The molecule has 0 bridgehead atoms. The minimum Gasteiger partial charge on any atom is -0.472 e. The van der Waals surface area contributed by atoms with E-state index in [0.29, 0.717) is 6.10 Å². The fourth-order valence-corrected chi connectivity index (χ4v) is 1.74. The van der Waals surface area contributed by atoms with Crippen molar-refractivity contribution < 1.29 is 9.15 Å². The molecule has 0 amide bonds. The molecule has 0 spiro atoms. The van der Waals surface area contributed by atoms with E-state index in [1.165, 1.54) is 24.8 Å². The number of nitrogens with one attached hydrogen (secondary N) is 1. The average Bonchev–Trinajstić information content (AvgIpc) is 2.72. The first-order valence-corrected chi connectivity index (χ1v) is 5.28. The van der Waals surface area contributed by atoms with E-state index in [-0.39, 0.29) is 0 Å². The smallest absolute Gasteiger partial charge is 0.0947 e. The second-order valence-electron chi connectivity index (χ2n) is 3.75. The summed E-state index contributed by atoms with van der Waals surface area (Å²) >= 11 is 0. The summed E-state index contributed by atoms with van der Waals surface area (Å²) in [6.07, 6.45) is 7.60. The van der Waals surface area contributed by atoms with E-state index >= 15 is 0 Å². The number of ether oxygens (including phenoxy) is 1. The van der Waals surface area contributed by atoms with Gasteiger partial charge in [-0.15, -0.1) is 0 Å². The normalized spacial score (nSPS) is 22.4. The molecule has 14 heavy (non-hydrogen) atoms. The third kappa shape index (κ3) is 2.86. The van der Waals surface area contributed by atoms with Crippen molar-refractivity contribution in [2.45, 2.75) is 31.9 Å². The molecule has 0 saturated carbocycles. The zero-order valence-corrected chi connectivity index (χ0v) is 8.37. The Hall–Kier alpha value is -0.800. The fraction of sp³-hybridized carbons (Fsp3) is 0.636. The lowest BCUT2D eigenvalue weighted by Gasteiger charge is -2.22. The standard InChI is InChI=1S/C11H17NO2/c1-2-5-14-11(3-1)8-12-7-10-4-6-13-9-10/h4,6,9,11-12H,1-3,5,7-8H2. The third-order valence-corrected chi connectivity index (χ3v) is 2.56. The minimum absolute atomic E-state index is 0.413. The Morgan fingerprint density at radius 1 is 1.43 bits per heavy atom. The predicted molar refractivity (Wildman–Crippen MR) is 54.0 cm³/mol. The van der Waals surface area contributed by atoms with E-state index in [0.717, 1.165) is 19.7 Å². The molecule has 78 valence electrons. The Morgan fingerprint density at radius 3 is 3.14 bits per heavy atom. The van der Waals surface area contributed by atoms with E-state index < -0.39 is 0 Å². The predicted octanol–water partition coefficient (Wildman–Crippen LogP) is 1.94. The van der Waals surface area contributed by atoms with Gasteiger partial charge in [0.05, 0.1) is 18.6 Å². The van der Waals surface area contributed by atoms with Crippen LogP contribution in [0.1, 0.15) is 24.8 Å². The summed E-state index contributed by atoms with van der Waals surface area (Å²) in [5.41, 5.74) is 1.20. The van der Waals surface area contributed by atoms with Gasteiger partial charge in [0.15, 0.2) is 0 Å². The van der Waals surface area contributed by atoms with Crippen LogP contribution in [0.2, 0.25) is 0 Å². The van der Waals surface area contributed by atoms with Crippen molar-refractivity contribution in [3.63, 3.8) is 0 Å². The molecular weight excluding hydrogens is 178 g/mol. The van der Waals surface area contributed by atoms with Crippen LogP contribution in [0.25, 0.3) is 0 Å². The molecule has 2 heterocycles. The quantitative estimate of drug-likeness (QED) is 0.797. The molecule has 1 aromatic heterocycles. The largest absolute Gasteiger partial charge is 0.472 e. The van der Waals surface area contributed by atoms with Crippen LogP contribution >= 0.6 is 0 Å². The Bertz CT molecular complexity index is 240. The van der Waals surface area contributed by atoms with Gasteiger partial charge in [0.2, 0.25) is 0 Å². The molecule has 0 aliphatic carbocycles. The van der Waals surface area contributed by atoms with Gasteiger partial charge in [0, 0.05) is 25.3 Å². The van der Waals surface area contributed by atoms with Gasteiger partial charge in [-0.3, -0.25) is 0 Å². The van der Waals surface area contributed by atoms with Crippen molar-refractivity contribution in [2.75, 3.05) is 13.2 Å². The Labute approximate surface area is 84.4 Å². The van der Waals surface area contributed by atoms with Crippen LogP contribution in [-0.4, -0.2) is 19.3 Å². The molecule has 1 aliphatic heterocycles. The van der Waals surface area contributed by atoms with Gasteiger partial charge in [-0.2, -0.15) is 0 Å². The van der Waals surface area contributed by atoms with Crippen LogP contribution in [-0.2, 0) is 11.3 Å². The lowest BCUT2D eigenvalue weighted by Crippen LogP contribution is -2.31. The van der Waals surface area contributed by atoms with Crippen LogP contribution in [0.4, 0.5) is 0 Å². The van der Waals surface area contributed by atoms with Crippen molar-refractivity contribution in [3.8, 4) is 0 Å². The van der Waals surface area contributed by atoms with Crippen LogP contribution in [0, 0.1) is 0 Å². The Morgan fingerprint density at radius 2 is 2.43 bits per heavy atom. The maximum atomic E-state index is 5.61.